The molecule has 0 aliphatic heterocycles. The highest BCUT2D eigenvalue weighted by molar-refractivity contribution is 6.29. The lowest BCUT2D eigenvalue weighted by Gasteiger charge is -2.08. The minimum absolute atomic E-state index is 0.269. The van der Waals surface area contributed by atoms with Crippen LogP contribution in [0.3, 0.4) is 0 Å². The first kappa shape index (κ1) is 14.2. The van der Waals surface area contributed by atoms with E-state index < -0.39 is 11.6 Å². The lowest BCUT2D eigenvalue weighted by molar-refractivity contribution is 0.580. The molecular weight excluding hydrogens is 296 g/mol. The van der Waals surface area contributed by atoms with Crippen molar-refractivity contribution in [2.45, 2.75) is 25.8 Å². The van der Waals surface area contributed by atoms with Gasteiger partial charge in [-0.05, 0) is 36.5 Å². The van der Waals surface area contributed by atoms with Crippen LogP contribution < -0.4 is 5.32 Å². The van der Waals surface area contributed by atoms with Gasteiger partial charge in [0.2, 0.25) is 0 Å². The van der Waals surface area contributed by atoms with E-state index in [4.69, 9.17) is 11.6 Å². The summed E-state index contributed by atoms with van der Waals surface area (Å²) in [4.78, 5) is 8.57. The first-order chi connectivity index (χ1) is 10.1. The monoisotopic (exact) mass is 309 g/mol. The Balaban J connectivity index is 1.70. The van der Waals surface area contributed by atoms with Gasteiger partial charge in [-0.1, -0.05) is 11.6 Å². The fourth-order valence-corrected chi connectivity index (χ4v) is 2.33. The van der Waals surface area contributed by atoms with Gasteiger partial charge in [0.1, 0.15) is 28.4 Å². The van der Waals surface area contributed by atoms with Crippen molar-refractivity contribution in [3.05, 3.63) is 52.4 Å². The number of aromatic nitrogens is 2. The number of anilines is 1. The predicted molar refractivity (Wildman–Crippen MR) is 77.2 cm³/mol. The number of nitrogens with one attached hydrogen (secondary N) is 1. The SMILES string of the molecule is Fc1cc(F)cc(CNc2cc(Cl)nc(CC3CC3)n2)c1. The molecule has 1 saturated carbocycles. The molecule has 21 heavy (non-hydrogen) atoms. The zero-order chi connectivity index (χ0) is 14.8. The number of benzene rings is 1. The fourth-order valence-electron chi connectivity index (χ4n) is 2.13. The van der Waals surface area contributed by atoms with E-state index in [1.54, 1.807) is 6.07 Å². The van der Waals surface area contributed by atoms with E-state index in [1.165, 1.54) is 25.0 Å². The van der Waals surface area contributed by atoms with Crippen molar-refractivity contribution in [1.29, 1.82) is 0 Å². The Labute approximate surface area is 126 Å². The summed E-state index contributed by atoms with van der Waals surface area (Å²) in [5, 5.41) is 3.39. The number of hydrogen-bond acceptors (Lipinski definition) is 3. The Morgan fingerprint density at radius 3 is 2.48 bits per heavy atom. The van der Waals surface area contributed by atoms with Crippen LogP contribution in [0.15, 0.2) is 24.3 Å². The Hall–Kier alpha value is -1.75. The maximum absolute atomic E-state index is 13.1. The molecule has 0 bridgehead atoms. The smallest absolute Gasteiger partial charge is 0.134 e. The number of halogens is 3. The molecule has 0 amide bonds. The second kappa shape index (κ2) is 5.93. The van der Waals surface area contributed by atoms with Gasteiger partial charge >= 0.3 is 0 Å². The fraction of sp³-hybridized carbons (Fsp3) is 0.333. The van der Waals surface area contributed by atoms with E-state index in [1.807, 2.05) is 0 Å². The minimum atomic E-state index is -0.595. The molecule has 1 heterocycles. The maximum Gasteiger partial charge on any atom is 0.134 e. The van der Waals surface area contributed by atoms with Crippen LogP contribution in [0, 0.1) is 17.6 Å². The molecule has 0 saturated heterocycles. The molecule has 1 N–H and O–H groups in total. The summed E-state index contributed by atoms with van der Waals surface area (Å²) in [6.07, 6.45) is 3.24. The maximum atomic E-state index is 13.1. The Bertz CT molecular complexity index is 639. The highest BCUT2D eigenvalue weighted by Crippen LogP contribution is 2.32. The van der Waals surface area contributed by atoms with Gasteiger partial charge in [-0.25, -0.2) is 18.7 Å². The Morgan fingerprint density at radius 1 is 1.10 bits per heavy atom. The van der Waals surface area contributed by atoms with Crippen molar-refractivity contribution in [2.75, 3.05) is 5.32 Å². The van der Waals surface area contributed by atoms with Gasteiger partial charge in [0.25, 0.3) is 0 Å². The van der Waals surface area contributed by atoms with E-state index in [-0.39, 0.29) is 6.54 Å². The van der Waals surface area contributed by atoms with Gasteiger partial charge in [0.05, 0.1) is 0 Å². The standard InChI is InChI=1S/C15H14ClF2N3/c16-13-7-14(21-15(20-13)5-9-1-2-9)19-8-10-3-11(17)6-12(18)4-10/h3-4,6-7,9H,1-2,5,8H2,(H,19,20,21). The van der Waals surface area contributed by atoms with Gasteiger partial charge < -0.3 is 5.32 Å². The molecule has 1 fully saturated rings. The van der Waals surface area contributed by atoms with E-state index in [9.17, 15) is 8.78 Å². The van der Waals surface area contributed by atoms with Crippen LogP contribution >= 0.6 is 11.6 Å². The molecule has 0 spiro atoms. The van der Waals surface area contributed by atoms with Crippen LogP contribution in [0.1, 0.15) is 24.2 Å². The third-order valence-electron chi connectivity index (χ3n) is 3.31. The summed E-state index contributed by atoms with van der Waals surface area (Å²) in [5.41, 5.74) is 0.506. The predicted octanol–water partition coefficient (Wildman–Crippen LogP) is 3.97. The van der Waals surface area contributed by atoms with E-state index in [0.29, 0.717) is 28.3 Å². The molecule has 0 unspecified atom stereocenters. The molecule has 3 rings (SSSR count). The first-order valence-electron chi connectivity index (χ1n) is 6.81. The van der Waals surface area contributed by atoms with Crippen LogP contribution in [0.2, 0.25) is 5.15 Å². The van der Waals surface area contributed by atoms with Gasteiger partial charge in [0.15, 0.2) is 0 Å². The zero-order valence-electron chi connectivity index (χ0n) is 11.2. The summed E-state index contributed by atoms with van der Waals surface area (Å²) in [7, 11) is 0. The number of hydrogen-bond donors (Lipinski definition) is 1. The minimum Gasteiger partial charge on any atom is -0.366 e. The van der Waals surface area contributed by atoms with Crippen molar-refractivity contribution >= 4 is 17.4 Å². The number of nitrogens with zero attached hydrogens (tertiary/aromatic N) is 2. The molecule has 1 aliphatic rings. The first-order valence-corrected chi connectivity index (χ1v) is 7.18. The van der Waals surface area contributed by atoms with Gasteiger partial charge in [0, 0.05) is 25.1 Å². The van der Waals surface area contributed by atoms with Crippen molar-refractivity contribution in [3.8, 4) is 0 Å². The molecule has 3 nitrogen and oxygen atoms in total. The van der Waals surface area contributed by atoms with Crippen LogP contribution in [0.5, 0.6) is 0 Å². The third-order valence-corrected chi connectivity index (χ3v) is 3.50. The summed E-state index contributed by atoms with van der Waals surface area (Å²) < 4.78 is 26.2. The van der Waals surface area contributed by atoms with Crippen LogP contribution in [-0.2, 0) is 13.0 Å². The molecule has 1 aromatic carbocycles. The molecule has 110 valence electrons. The Morgan fingerprint density at radius 2 is 1.81 bits per heavy atom. The molecule has 0 atom stereocenters. The van der Waals surface area contributed by atoms with Crippen molar-refractivity contribution in [1.82, 2.24) is 9.97 Å². The van der Waals surface area contributed by atoms with E-state index in [2.05, 4.69) is 15.3 Å². The normalized spacial score (nSPS) is 14.2. The molecular formula is C15H14ClF2N3. The quantitative estimate of drug-likeness (QED) is 0.849. The molecule has 1 aromatic heterocycles. The largest absolute Gasteiger partial charge is 0.366 e. The zero-order valence-corrected chi connectivity index (χ0v) is 12.0. The lowest BCUT2D eigenvalue weighted by Crippen LogP contribution is -2.06. The van der Waals surface area contributed by atoms with Crippen molar-refractivity contribution in [3.63, 3.8) is 0 Å². The summed E-state index contributed by atoms with van der Waals surface area (Å²) >= 11 is 5.97. The van der Waals surface area contributed by atoms with Crippen LogP contribution in [0.4, 0.5) is 14.6 Å². The average molecular weight is 310 g/mol. The molecule has 0 radical (unpaired) electrons. The van der Waals surface area contributed by atoms with E-state index in [0.717, 1.165) is 12.5 Å². The molecule has 1 aliphatic carbocycles. The second-order valence-corrected chi connectivity index (χ2v) is 5.66. The second-order valence-electron chi connectivity index (χ2n) is 5.27. The van der Waals surface area contributed by atoms with Crippen LogP contribution in [-0.4, -0.2) is 9.97 Å². The highest BCUT2D eigenvalue weighted by atomic mass is 35.5. The average Bonchev–Trinajstić information content (AvgIpc) is 3.18. The molecule has 6 heteroatoms. The van der Waals surface area contributed by atoms with E-state index >= 15 is 0 Å². The van der Waals surface area contributed by atoms with Crippen LogP contribution in [0.25, 0.3) is 0 Å². The molecule has 2 aromatic rings. The summed E-state index contributed by atoms with van der Waals surface area (Å²) in [6.45, 7) is 0.269. The lowest BCUT2D eigenvalue weighted by atomic mass is 10.2. The van der Waals surface area contributed by atoms with Gasteiger partial charge in [-0.15, -0.1) is 0 Å². The topological polar surface area (TPSA) is 37.8 Å². The van der Waals surface area contributed by atoms with Crippen molar-refractivity contribution in [2.24, 2.45) is 5.92 Å². The summed E-state index contributed by atoms with van der Waals surface area (Å²) in [5.74, 6) is 0.741. The summed E-state index contributed by atoms with van der Waals surface area (Å²) in [6, 6.07) is 5.01. The van der Waals surface area contributed by atoms with Gasteiger partial charge in [-0.3, -0.25) is 0 Å². The Kier molecular flexibility index (Phi) is 4.01. The van der Waals surface area contributed by atoms with Crippen molar-refractivity contribution < 1.29 is 8.78 Å². The highest BCUT2D eigenvalue weighted by Gasteiger charge is 2.23. The number of rotatable bonds is 5. The van der Waals surface area contributed by atoms with Gasteiger partial charge in [-0.2, -0.15) is 0 Å². The third kappa shape index (κ3) is 4.11.